The van der Waals surface area contributed by atoms with Gasteiger partial charge in [-0.2, -0.15) is 0 Å². The molecule has 0 spiro atoms. The molecule has 0 saturated heterocycles. The van der Waals surface area contributed by atoms with E-state index in [1.807, 2.05) is 0 Å². The smallest absolute Gasteiger partial charge is 0.332 e. The Morgan fingerprint density at radius 3 is 2.87 bits per heavy atom. The number of carboxylic acid groups (broad SMARTS) is 1. The Morgan fingerprint density at radius 1 is 1.60 bits per heavy atom. The molecule has 0 aliphatic heterocycles. The van der Waals surface area contributed by atoms with Crippen molar-refractivity contribution in [3.63, 3.8) is 0 Å². The number of nitrogens with one attached hydrogen (secondary N) is 1. The lowest BCUT2D eigenvalue weighted by atomic mass is 10.2. The number of carboxylic acids is 1. The summed E-state index contributed by atoms with van der Waals surface area (Å²) in [5.41, 5.74) is 0.800. The standard InChI is InChI=1S/C11H12FNO2/c1-7-4-3-5-9(10(7)12)13-6-8(2)11(14)15/h3-5,13H,2,6H2,1H3,(H,14,15). The number of halogens is 1. The van der Waals surface area contributed by atoms with Crippen molar-refractivity contribution in [2.75, 3.05) is 11.9 Å². The Kier molecular flexibility index (Phi) is 3.44. The number of anilines is 1. The number of hydrogen-bond acceptors (Lipinski definition) is 2. The minimum Gasteiger partial charge on any atom is -0.478 e. The highest BCUT2D eigenvalue weighted by atomic mass is 19.1. The highest BCUT2D eigenvalue weighted by molar-refractivity contribution is 5.86. The predicted octanol–water partition coefficient (Wildman–Crippen LogP) is 2.19. The van der Waals surface area contributed by atoms with Crippen molar-refractivity contribution in [2.24, 2.45) is 0 Å². The normalized spacial score (nSPS) is 9.73. The van der Waals surface area contributed by atoms with Crippen LogP contribution in [0.15, 0.2) is 30.4 Å². The molecule has 1 rings (SSSR count). The third kappa shape index (κ3) is 2.80. The van der Waals surface area contributed by atoms with Crippen LogP contribution in [0.3, 0.4) is 0 Å². The molecule has 4 heteroatoms. The maximum absolute atomic E-state index is 13.4. The van der Waals surface area contributed by atoms with Gasteiger partial charge in [-0.1, -0.05) is 18.7 Å². The van der Waals surface area contributed by atoms with Crippen LogP contribution >= 0.6 is 0 Å². The van der Waals surface area contributed by atoms with Gasteiger partial charge in [0.15, 0.2) is 0 Å². The van der Waals surface area contributed by atoms with E-state index in [0.29, 0.717) is 5.56 Å². The van der Waals surface area contributed by atoms with Crippen LogP contribution in [0, 0.1) is 12.7 Å². The third-order valence-electron chi connectivity index (χ3n) is 1.99. The molecule has 0 aliphatic rings. The van der Waals surface area contributed by atoms with Gasteiger partial charge < -0.3 is 10.4 Å². The zero-order valence-corrected chi connectivity index (χ0v) is 8.38. The van der Waals surface area contributed by atoms with Gasteiger partial charge in [-0.3, -0.25) is 0 Å². The fourth-order valence-corrected chi connectivity index (χ4v) is 1.06. The maximum Gasteiger partial charge on any atom is 0.332 e. The minimum atomic E-state index is -1.09. The molecule has 0 atom stereocenters. The molecule has 0 fully saturated rings. The molecule has 2 N–H and O–H groups in total. The summed E-state index contributed by atoms with van der Waals surface area (Å²) >= 11 is 0. The number of rotatable bonds is 4. The van der Waals surface area contributed by atoms with Crippen LogP contribution in [0.1, 0.15) is 5.56 Å². The van der Waals surface area contributed by atoms with Gasteiger partial charge in [0.2, 0.25) is 0 Å². The minimum absolute atomic E-state index is 0.00379. The molecular formula is C11H12FNO2. The largest absolute Gasteiger partial charge is 0.478 e. The monoisotopic (exact) mass is 209 g/mol. The second kappa shape index (κ2) is 4.59. The molecule has 1 aromatic carbocycles. The Labute approximate surface area is 87.2 Å². The summed E-state index contributed by atoms with van der Waals surface area (Å²) in [6, 6.07) is 4.90. The van der Waals surface area contributed by atoms with Crippen LogP contribution in [-0.4, -0.2) is 17.6 Å². The zero-order chi connectivity index (χ0) is 11.4. The summed E-state index contributed by atoms with van der Waals surface area (Å²) in [6.45, 7) is 5.01. The van der Waals surface area contributed by atoms with E-state index in [9.17, 15) is 9.18 Å². The van der Waals surface area contributed by atoms with Gasteiger partial charge in [0.05, 0.1) is 5.69 Å². The van der Waals surface area contributed by atoms with Crippen LogP contribution in [0.2, 0.25) is 0 Å². The molecule has 0 aromatic heterocycles. The summed E-state index contributed by atoms with van der Waals surface area (Å²) < 4.78 is 13.4. The highest BCUT2D eigenvalue weighted by Gasteiger charge is 2.07. The van der Waals surface area contributed by atoms with Gasteiger partial charge >= 0.3 is 5.97 Å². The van der Waals surface area contributed by atoms with E-state index in [1.165, 1.54) is 0 Å². The van der Waals surface area contributed by atoms with Gasteiger partial charge in [-0.15, -0.1) is 0 Å². The van der Waals surface area contributed by atoms with Gasteiger partial charge in [0.25, 0.3) is 0 Å². The molecule has 3 nitrogen and oxygen atoms in total. The molecule has 0 heterocycles. The molecule has 0 unspecified atom stereocenters. The first-order valence-corrected chi connectivity index (χ1v) is 4.42. The van der Waals surface area contributed by atoms with Crippen molar-refractivity contribution >= 4 is 11.7 Å². The first-order chi connectivity index (χ1) is 7.02. The summed E-state index contributed by atoms with van der Waals surface area (Å²) in [4.78, 5) is 10.4. The van der Waals surface area contributed by atoms with Crippen LogP contribution in [-0.2, 0) is 4.79 Å². The first kappa shape index (κ1) is 11.2. The number of hydrogen-bond donors (Lipinski definition) is 2. The summed E-state index contributed by atoms with van der Waals surface area (Å²) in [6.07, 6.45) is 0. The highest BCUT2D eigenvalue weighted by Crippen LogP contribution is 2.17. The van der Waals surface area contributed by atoms with Gasteiger partial charge in [0, 0.05) is 12.1 Å². The van der Waals surface area contributed by atoms with Crippen molar-refractivity contribution in [3.05, 3.63) is 41.7 Å². The van der Waals surface area contributed by atoms with Crippen molar-refractivity contribution in [1.29, 1.82) is 0 Å². The number of carbonyl (C=O) groups is 1. The molecule has 0 bridgehead atoms. The average Bonchev–Trinajstić information content (AvgIpc) is 2.19. The average molecular weight is 209 g/mol. The fraction of sp³-hybridized carbons (Fsp3) is 0.182. The Hall–Kier alpha value is -1.84. The van der Waals surface area contributed by atoms with Crippen molar-refractivity contribution in [2.45, 2.75) is 6.92 Å². The second-order valence-corrected chi connectivity index (χ2v) is 3.20. The van der Waals surface area contributed by atoms with E-state index in [1.54, 1.807) is 25.1 Å². The molecule has 80 valence electrons. The maximum atomic E-state index is 13.4. The third-order valence-corrected chi connectivity index (χ3v) is 1.99. The first-order valence-electron chi connectivity index (χ1n) is 4.42. The molecule has 0 aliphatic carbocycles. The lowest BCUT2D eigenvalue weighted by molar-refractivity contribution is -0.132. The topological polar surface area (TPSA) is 49.3 Å². The van der Waals surface area contributed by atoms with E-state index in [-0.39, 0.29) is 23.6 Å². The quantitative estimate of drug-likeness (QED) is 0.747. The fourth-order valence-electron chi connectivity index (χ4n) is 1.06. The summed E-state index contributed by atoms with van der Waals surface area (Å²) in [5.74, 6) is -1.45. The Balaban J connectivity index is 2.70. The molecule has 0 amide bonds. The SMILES string of the molecule is C=C(CNc1cccc(C)c1F)C(=O)O. The van der Waals surface area contributed by atoms with Crippen molar-refractivity contribution < 1.29 is 14.3 Å². The van der Waals surface area contributed by atoms with E-state index >= 15 is 0 Å². The zero-order valence-electron chi connectivity index (χ0n) is 8.38. The molecule has 0 radical (unpaired) electrons. The number of aliphatic carboxylic acids is 1. The number of aryl methyl sites for hydroxylation is 1. The number of benzene rings is 1. The van der Waals surface area contributed by atoms with Crippen LogP contribution in [0.25, 0.3) is 0 Å². The van der Waals surface area contributed by atoms with Gasteiger partial charge in [0.1, 0.15) is 5.82 Å². The van der Waals surface area contributed by atoms with Gasteiger partial charge in [-0.05, 0) is 18.6 Å². The van der Waals surface area contributed by atoms with E-state index in [0.717, 1.165) is 0 Å². The van der Waals surface area contributed by atoms with Crippen LogP contribution in [0.5, 0.6) is 0 Å². The van der Waals surface area contributed by atoms with Crippen LogP contribution < -0.4 is 5.32 Å². The van der Waals surface area contributed by atoms with Gasteiger partial charge in [-0.25, -0.2) is 9.18 Å². The lowest BCUT2D eigenvalue weighted by Gasteiger charge is -2.08. The Morgan fingerprint density at radius 2 is 2.27 bits per heavy atom. The van der Waals surface area contributed by atoms with Crippen molar-refractivity contribution in [3.8, 4) is 0 Å². The Bertz CT molecular complexity index is 402. The molecule has 15 heavy (non-hydrogen) atoms. The van der Waals surface area contributed by atoms with E-state index < -0.39 is 5.97 Å². The predicted molar refractivity (Wildman–Crippen MR) is 56.4 cm³/mol. The van der Waals surface area contributed by atoms with Crippen molar-refractivity contribution in [1.82, 2.24) is 0 Å². The molecular weight excluding hydrogens is 197 g/mol. The van der Waals surface area contributed by atoms with Crippen LogP contribution in [0.4, 0.5) is 10.1 Å². The van der Waals surface area contributed by atoms with E-state index in [2.05, 4.69) is 11.9 Å². The lowest BCUT2D eigenvalue weighted by Crippen LogP contribution is -2.12. The molecule has 0 saturated carbocycles. The summed E-state index contributed by atoms with van der Waals surface area (Å²) in [7, 11) is 0. The second-order valence-electron chi connectivity index (χ2n) is 3.20. The molecule has 1 aromatic rings. The summed E-state index contributed by atoms with van der Waals surface area (Å²) in [5, 5.41) is 11.2. The van der Waals surface area contributed by atoms with E-state index in [4.69, 9.17) is 5.11 Å².